The zero-order valence-electron chi connectivity index (χ0n) is 11.4. The fraction of sp³-hybridized carbons (Fsp3) is 0.467. The van der Waals surface area contributed by atoms with Gasteiger partial charge in [0.05, 0.1) is 5.04 Å². The Morgan fingerprint density at radius 1 is 1.33 bits per heavy atom. The van der Waals surface area contributed by atoms with Gasteiger partial charge in [0.2, 0.25) is 0 Å². The number of thioether (sulfide) groups is 1. The Hall–Kier alpha value is -1.09. The number of aryl methyl sites for hydroxylation is 1. The molecule has 1 amide bonds. The molecular weight excluding hydrogens is 242 g/mol. The number of benzene rings is 1. The number of carbonyl (C=O) groups is 1. The van der Waals surface area contributed by atoms with E-state index in [1.807, 2.05) is 19.1 Å². The van der Waals surface area contributed by atoms with Crippen molar-refractivity contribution in [2.24, 2.45) is 10.9 Å². The van der Waals surface area contributed by atoms with Gasteiger partial charge in [-0.1, -0.05) is 49.9 Å². The van der Waals surface area contributed by atoms with Gasteiger partial charge in [0.1, 0.15) is 4.75 Å². The topological polar surface area (TPSA) is 29.4 Å². The van der Waals surface area contributed by atoms with Crippen molar-refractivity contribution in [2.75, 3.05) is 0 Å². The van der Waals surface area contributed by atoms with Crippen molar-refractivity contribution in [1.29, 1.82) is 0 Å². The Balaban J connectivity index is 2.17. The van der Waals surface area contributed by atoms with Gasteiger partial charge >= 0.3 is 0 Å². The molecule has 96 valence electrons. The molecule has 0 spiro atoms. The van der Waals surface area contributed by atoms with Gasteiger partial charge in [0, 0.05) is 6.42 Å². The lowest BCUT2D eigenvalue weighted by atomic mass is 9.96. The largest absolute Gasteiger partial charge is 0.271 e. The Labute approximate surface area is 113 Å². The molecule has 1 heterocycles. The molecule has 0 aliphatic carbocycles. The summed E-state index contributed by atoms with van der Waals surface area (Å²) in [6, 6.07) is 8.27. The van der Waals surface area contributed by atoms with E-state index in [9.17, 15) is 4.79 Å². The summed E-state index contributed by atoms with van der Waals surface area (Å²) in [5, 5.41) is 0.950. The molecule has 3 heteroatoms. The Morgan fingerprint density at radius 2 is 2.00 bits per heavy atom. The molecule has 0 saturated heterocycles. The van der Waals surface area contributed by atoms with Crippen molar-refractivity contribution in [3.63, 3.8) is 0 Å². The van der Waals surface area contributed by atoms with Crippen LogP contribution in [0.25, 0.3) is 0 Å². The molecule has 0 radical (unpaired) electrons. The second-order valence-corrected chi connectivity index (χ2v) is 6.80. The number of rotatable bonds is 3. The summed E-state index contributed by atoms with van der Waals surface area (Å²) in [5.74, 6) is 0.319. The van der Waals surface area contributed by atoms with Gasteiger partial charge in [0.25, 0.3) is 5.91 Å². The van der Waals surface area contributed by atoms with Crippen molar-refractivity contribution >= 4 is 22.7 Å². The van der Waals surface area contributed by atoms with E-state index in [1.54, 1.807) is 11.8 Å². The summed E-state index contributed by atoms with van der Waals surface area (Å²) in [6.07, 6.45) is 0.769. The van der Waals surface area contributed by atoms with E-state index >= 15 is 0 Å². The van der Waals surface area contributed by atoms with Crippen molar-refractivity contribution in [1.82, 2.24) is 0 Å². The Morgan fingerprint density at radius 3 is 2.56 bits per heavy atom. The number of aliphatic imine (C=N–C) groups is 1. The Kier molecular flexibility index (Phi) is 3.62. The molecule has 0 aromatic heterocycles. The highest BCUT2D eigenvalue weighted by Gasteiger charge is 2.43. The lowest BCUT2D eigenvalue weighted by Crippen LogP contribution is -2.33. The van der Waals surface area contributed by atoms with Gasteiger partial charge in [-0.3, -0.25) is 4.79 Å². The fourth-order valence-electron chi connectivity index (χ4n) is 1.95. The molecule has 2 rings (SSSR count). The molecule has 0 N–H and O–H groups in total. The normalized spacial score (nSPS) is 23.6. The number of carbonyl (C=O) groups excluding carboxylic acids is 1. The van der Waals surface area contributed by atoms with E-state index < -0.39 is 0 Å². The van der Waals surface area contributed by atoms with Gasteiger partial charge in [-0.15, -0.1) is 0 Å². The summed E-state index contributed by atoms with van der Waals surface area (Å²) in [4.78, 5) is 16.3. The zero-order valence-corrected chi connectivity index (χ0v) is 12.2. The molecule has 1 aromatic rings. The standard InChI is InChI=1S/C15H19NOS/c1-10(2)15(4)14(17)16-13(18-15)9-12-8-6-5-7-11(12)3/h5-8,10H,9H2,1-4H3. The molecule has 1 aliphatic heterocycles. The second kappa shape index (κ2) is 4.88. The monoisotopic (exact) mass is 261 g/mol. The summed E-state index contributed by atoms with van der Waals surface area (Å²) < 4.78 is -0.377. The van der Waals surface area contributed by atoms with E-state index in [2.05, 4.69) is 37.9 Å². The molecule has 0 bridgehead atoms. The van der Waals surface area contributed by atoms with E-state index in [1.165, 1.54) is 11.1 Å². The minimum absolute atomic E-state index is 0.0195. The highest BCUT2D eigenvalue weighted by atomic mass is 32.2. The molecule has 0 fully saturated rings. The van der Waals surface area contributed by atoms with Crippen LogP contribution in [0, 0.1) is 12.8 Å². The maximum atomic E-state index is 12.0. The number of amides is 1. The van der Waals surface area contributed by atoms with Crippen molar-refractivity contribution < 1.29 is 4.79 Å². The molecule has 1 atom stereocenters. The van der Waals surface area contributed by atoms with Crippen LogP contribution >= 0.6 is 11.8 Å². The van der Waals surface area contributed by atoms with Gasteiger partial charge < -0.3 is 0 Å². The van der Waals surface area contributed by atoms with Crippen molar-refractivity contribution in [2.45, 2.75) is 38.9 Å². The molecule has 0 saturated carbocycles. The van der Waals surface area contributed by atoms with Crippen LogP contribution in [0.4, 0.5) is 0 Å². The highest BCUT2D eigenvalue weighted by molar-refractivity contribution is 8.16. The van der Waals surface area contributed by atoms with E-state index in [0.717, 1.165) is 11.5 Å². The zero-order chi connectivity index (χ0) is 13.3. The molecule has 1 aliphatic rings. The maximum Gasteiger partial charge on any atom is 0.263 e. The molecule has 2 nitrogen and oxygen atoms in total. The Bertz CT molecular complexity index is 507. The summed E-state index contributed by atoms with van der Waals surface area (Å²) >= 11 is 1.63. The second-order valence-electron chi connectivity index (χ2n) is 5.28. The third kappa shape index (κ3) is 2.37. The minimum atomic E-state index is -0.377. The van der Waals surface area contributed by atoms with Crippen LogP contribution in [0.3, 0.4) is 0 Å². The summed E-state index contributed by atoms with van der Waals surface area (Å²) in [7, 11) is 0. The predicted molar refractivity (Wildman–Crippen MR) is 78.2 cm³/mol. The van der Waals surface area contributed by atoms with E-state index in [0.29, 0.717) is 5.92 Å². The van der Waals surface area contributed by atoms with Crippen LogP contribution in [0.5, 0.6) is 0 Å². The number of nitrogens with zero attached hydrogens (tertiary/aromatic N) is 1. The fourth-order valence-corrected chi connectivity index (χ4v) is 3.16. The number of hydrogen-bond acceptors (Lipinski definition) is 2. The summed E-state index contributed by atoms with van der Waals surface area (Å²) in [6.45, 7) is 8.26. The molecule has 1 unspecified atom stereocenters. The van der Waals surface area contributed by atoms with E-state index in [-0.39, 0.29) is 10.7 Å². The lowest BCUT2D eigenvalue weighted by Gasteiger charge is -2.24. The van der Waals surface area contributed by atoms with Crippen molar-refractivity contribution in [3.05, 3.63) is 35.4 Å². The van der Waals surface area contributed by atoms with Crippen LogP contribution in [0.2, 0.25) is 0 Å². The van der Waals surface area contributed by atoms with Crippen molar-refractivity contribution in [3.8, 4) is 0 Å². The predicted octanol–water partition coefficient (Wildman–Crippen LogP) is 3.62. The summed E-state index contributed by atoms with van der Waals surface area (Å²) in [5.41, 5.74) is 2.51. The van der Waals surface area contributed by atoms with E-state index in [4.69, 9.17) is 0 Å². The van der Waals surface area contributed by atoms with Gasteiger partial charge in [-0.2, -0.15) is 0 Å². The third-order valence-corrected chi connectivity index (χ3v) is 5.23. The van der Waals surface area contributed by atoms with Gasteiger partial charge in [-0.25, -0.2) is 4.99 Å². The van der Waals surface area contributed by atoms with Crippen LogP contribution in [0.15, 0.2) is 29.3 Å². The first-order valence-corrected chi connectivity index (χ1v) is 7.10. The lowest BCUT2D eigenvalue weighted by molar-refractivity contribution is -0.120. The van der Waals surface area contributed by atoms with Crippen LogP contribution in [-0.4, -0.2) is 15.7 Å². The average Bonchev–Trinajstić information content (AvgIpc) is 2.59. The van der Waals surface area contributed by atoms with Gasteiger partial charge in [0.15, 0.2) is 0 Å². The number of hydrogen-bond donors (Lipinski definition) is 0. The molecule has 18 heavy (non-hydrogen) atoms. The first-order chi connectivity index (χ1) is 8.43. The van der Waals surface area contributed by atoms with Crippen LogP contribution < -0.4 is 0 Å². The molecule has 1 aromatic carbocycles. The SMILES string of the molecule is Cc1ccccc1CC1=NC(=O)C(C)(C(C)C)S1. The first kappa shape index (κ1) is 13.3. The smallest absolute Gasteiger partial charge is 0.263 e. The quantitative estimate of drug-likeness (QED) is 0.831. The van der Waals surface area contributed by atoms with Crippen LogP contribution in [0.1, 0.15) is 31.9 Å². The van der Waals surface area contributed by atoms with Crippen LogP contribution in [-0.2, 0) is 11.2 Å². The minimum Gasteiger partial charge on any atom is -0.271 e. The highest BCUT2D eigenvalue weighted by Crippen LogP contribution is 2.40. The third-order valence-electron chi connectivity index (χ3n) is 3.69. The molecular formula is C15H19NOS. The maximum absolute atomic E-state index is 12.0. The first-order valence-electron chi connectivity index (χ1n) is 6.29. The van der Waals surface area contributed by atoms with Gasteiger partial charge in [-0.05, 0) is 30.9 Å². The average molecular weight is 261 g/mol.